The van der Waals surface area contributed by atoms with Crippen LogP contribution >= 0.6 is 0 Å². The molecule has 1 fully saturated rings. The van der Waals surface area contributed by atoms with Crippen molar-refractivity contribution in [2.24, 2.45) is 0 Å². The molecule has 3 amide bonds. The molecule has 11 nitrogen and oxygen atoms in total. The van der Waals surface area contributed by atoms with Crippen molar-refractivity contribution in [3.63, 3.8) is 0 Å². The lowest BCUT2D eigenvalue weighted by Gasteiger charge is -2.31. The zero-order chi connectivity index (χ0) is 29.2. The summed E-state index contributed by atoms with van der Waals surface area (Å²) in [5.74, 6) is -2.12. The monoisotopic (exact) mass is 560 g/mol. The SMILES string of the molecule is CC(=O)NC[C@H](NC(=O)CN(Cc1cccc2ccccc12)CC1CCCN1C(=O)CNc1ccncc1)C(=O)O. The standard InChI is InChI=1S/C30H36N6O5/c1-21(37)32-16-27(30(40)41)34-28(38)20-35(18-23-8-4-7-22-6-2-3-10-26(22)23)19-25-9-5-15-36(25)29(39)17-33-24-11-13-31-14-12-24/h2-4,6-8,10-14,25,27H,5,9,15-20H2,1H3,(H,31,33)(H,32,37)(H,34,38)(H,40,41)/t25?,27-/m0/s1. The van der Waals surface area contributed by atoms with Crippen molar-refractivity contribution in [1.29, 1.82) is 0 Å². The van der Waals surface area contributed by atoms with Crippen molar-refractivity contribution in [2.45, 2.75) is 38.4 Å². The van der Waals surface area contributed by atoms with Crippen LogP contribution in [0, 0.1) is 0 Å². The van der Waals surface area contributed by atoms with Crippen LogP contribution in [0.5, 0.6) is 0 Å². The van der Waals surface area contributed by atoms with E-state index in [0.29, 0.717) is 19.6 Å². The van der Waals surface area contributed by atoms with Gasteiger partial charge in [0.15, 0.2) is 0 Å². The Morgan fingerprint density at radius 2 is 1.83 bits per heavy atom. The molecular weight excluding hydrogens is 524 g/mol. The van der Waals surface area contributed by atoms with E-state index < -0.39 is 17.9 Å². The molecule has 1 aliphatic heterocycles. The summed E-state index contributed by atoms with van der Waals surface area (Å²) in [5, 5.41) is 19.8. The van der Waals surface area contributed by atoms with E-state index in [4.69, 9.17) is 0 Å². The summed E-state index contributed by atoms with van der Waals surface area (Å²) >= 11 is 0. The zero-order valence-corrected chi connectivity index (χ0v) is 23.1. The minimum atomic E-state index is -1.25. The van der Waals surface area contributed by atoms with E-state index in [1.54, 1.807) is 24.5 Å². The van der Waals surface area contributed by atoms with E-state index >= 15 is 0 Å². The molecule has 1 saturated heterocycles. The molecule has 11 heteroatoms. The highest BCUT2D eigenvalue weighted by Gasteiger charge is 2.31. The largest absolute Gasteiger partial charge is 0.480 e. The normalized spacial score (nSPS) is 15.5. The Hall–Kier alpha value is -4.51. The number of aromatic nitrogens is 1. The number of rotatable bonds is 13. The van der Waals surface area contributed by atoms with Gasteiger partial charge < -0.3 is 26.0 Å². The zero-order valence-electron chi connectivity index (χ0n) is 23.1. The van der Waals surface area contributed by atoms with Gasteiger partial charge in [-0.05, 0) is 41.3 Å². The number of pyridine rings is 1. The van der Waals surface area contributed by atoms with Crippen LogP contribution in [0.4, 0.5) is 5.69 Å². The van der Waals surface area contributed by atoms with Crippen LogP contribution in [-0.4, -0.2) is 88.4 Å². The summed E-state index contributed by atoms with van der Waals surface area (Å²) in [7, 11) is 0. The first-order valence-corrected chi connectivity index (χ1v) is 13.7. The summed E-state index contributed by atoms with van der Waals surface area (Å²) in [5.41, 5.74) is 1.84. The number of carbonyl (C=O) groups excluding carboxylic acids is 3. The first-order chi connectivity index (χ1) is 19.8. The van der Waals surface area contributed by atoms with Crippen molar-refractivity contribution >= 4 is 40.2 Å². The Kier molecular flexibility index (Phi) is 10.2. The van der Waals surface area contributed by atoms with Crippen molar-refractivity contribution in [1.82, 2.24) is 25.4 Å². The summed E-state index contributed by atoms with van der Waals surface area (Å²) in [6, 6.07) is 16.3. The number of carboxylic acids is 1. The molecule has 0 spiro atoms. The van der Waals surface area contributed by atoms with Crippen LogP contribution in [-0.2, 0) is 25.7 Å². The third kappa shape index (κ3) is 8.49. The molecule has 216 valence electrons. The van der Waals surface area contributed by atoms with E-state index in [9.17, 15) is 24.3 Å². The number of aliphatic carboxylic acids is 1. The first-order valence-electron chi connectivity index (χ1n) is 13.7. The quantitative estimate of drug-likeness (QED) is 0.248. The molecule has 2 atom stereocenters. The van der Waals surface area contributed by atoms with Gasteiger partial charge in [0.1, 0.15) is 6.04 Å². The molecule has 0 radical (unpaired) electrons. The minimum Gasteiger partial charge on any atom is -0.480 e. The van der Waals surface area contributed by atoms with Gasteiger partial charge in [0.25, 0.3) is 0 Å². The average Bonchev–Trinajstić information content (AvgIpc) is 3.42. The number of amides is 3. The molecule has 2 aromatic carbocycles. The van der Waals surface area contributed by atoms with Crippen molar-refractivity contribution in [3.8, 4) is 0 Å². The number of carboxylic acid groups (broad SMARTS) is 1. The molecule has 0 bridgehead atoms. The lowest BCUT2D eigenvalue weighted by Crippen LogP contribution is -2.52. The summed E-state index contributed by atoms with van der Waals surface area (Å²) in [4.78, 5) is 57.1. The summed E-state index contributed by atoms with van der Waals surface area (Å²) in [6.45, 7) is 2.67. The Balaban J connectivity index is 1.48. The van der Waals surface area contributed by atoms with Crippen LogP contribution in [0.15, 0.2) is 67.0 Å². The smallest absolute Gasteiger partial charge is 0.328 e. The Morgan fingerprint density at radius 1 is 1.07 bits per heavy atom. The topological polar surface area (TPSA) is 144 Å². The first kappa shape index (κ1) is 29.5. The van der Waals surface area contributed by atoms with Gasteiger partial charge in [0.05, 0.1) is 13.1 Å². The van der Waals surface area contributed by atoms with E-state index in [1.165, 1.54) is 6.92 Å². The maximum Gasteiger partial charge on any atom is 0.328 e. The van der Waals surface area contributed by atoms with E-state index in [2.05, 4.69) is 20.9 Å². The van der Waals surface area contributed by atoms with Gasteiger partial charge >= 0.3 is 5.97 Å². The molecule has 4 N–H and O–H groups in total. The number of fused-ring (bicyclic) bond motifs is 1. The molecule has 1 aliphatic rings. The van der Waals surface area contributed by atoms with E-state index in [1.807, 2.05) is 52.3 Å². The number of benzene rings is 2. The Bertz CT molecular complexity index is 1360. The predicted octanol–water partition coefficient (Wildman–Crippen LogP) is 1.85. The predicted molar refractivity (Wildman–Crippen MR) is 155 cm³/mol. The number of nitrogens with one attached hydrogen (secondary N) is 3. The van der Waals surface area contributed by atoms with Crippen molar-refractivity contribution in [3.05, 3.63) is 72.6 Å². The van der Waals surface area contributed by atoms with E-state index in [-0.39, 0.29) is 37.5 Å². The maximum absolute atomic E-state index is 13.2. The number of likely N-dealkylation sites (tertiary alicyclic amines) is 1. The van der Waals surface area contributed by atoms with Gasteiger partial charge in [0.2, 0.25) is 17.7 Å². The second-order valence-corrected chi connectivity index (χ2v) is 10.2. The highest BCUT2D eigenvalue weighted by Crippen LogP contribution is 2.23. The van der Waals surface area contributed by atoms with Gasteiger partial charge in [0, 0.05) is 57.2 Å². The van der Waals surface area contributed by atoms with Gasteiger partial charge in [-0.1, -0.05) is 42.5 Å². The molecule has 3 aromatic rings. The second kappa shape index (κ2) is 14.2. The molecule has 0 aliphatic carbocycles. The molecule has 4 rings (SSSR count). The highest BCUT2D eigenvalue weighted by molar-refractivity contribution is 5.87. The number of anilines is 1. The summed E-state index contributed by atoms with van der Waals surface area (Å²) in [6.07, 6.45) is 4.98. The van der Waals surface area contributed by atoms with Crippen LogP contribution < -0.4 is 16.0 Å². The lowest BCUT2D eigenvalue weighted by molar-refractivity contribution is -0.142. The average molecular weight is 561 g/mol. The number of nitrogens with zero attached hydrogens (tertiary/aromatic N) is 3. The molecule has 1 unspecified atom stereocenters. The number of carbonyl (C=O) groups is 4. The molecule has 41 heavy (non-hydrogen) atoms. The third-order valence-electron chi connectivity index (χ3n) is 7.12. The fraction of sp³-hybridized carbons (Fsp3) is 0.367. The minimum absolute atomic E-state index is 0.0277. The van der Waals surface area contributed by atoms with Crippen molar-refractivity contribution in [2.75, 3.05) is 38.0 Å². The molecular formula is C30H36N6O5. The fourth-order valence-electron chi connectivity index (χ4n) is 5.15. The summed E-state index contributed by atoms with van der Waals surface area (Å²) < 4.78 is 0. The van der Waals surface area contributed by atoms with Gasteiger partial charge in [-0.15, -0.1) is 0 Å². The lowest BCUT2D eigenvalue weighted by atomic mass is 10.0. The van der Waals surface area contributed by atoms with Gasteiger partial charge in [-0.25, -0.2) is 4.79 Å². The highest BCUT2D eigenvalue weighted by atomic mass is 16.4. The van der Waals surface area contributed by atoms with E-state index in [0.717, 1.165) is 34.9 Å². The molecule has 0 saturated carbocycles. The molecule has 1 aromatic heterocycles. The fourth-order valence-corrected chi connectivity index (χ4v) is 5.15. The van der Waals surface area contributed by atoms with Gasteiger partial charge in [-0.2, -0.15) is 0 Å². The molecule has 2 heterocycles. The Labute approximate surface area is 238 Å². The maximum atomic E-state index is 13.2. The Morgan fingerprint density at radius 3 is 2.59 bits per heavy atom. The van der Waals surface area contributed by atoms with Crippen LogP contribution in [0.2, 0.25) is 0 Å². The van der Waals surface area contributed by atoms with Crippen LogP contribution in [0.3, 0.4) is 0 Å². The number of hydrogen-bond donors (Lipinski definition) is 4. The van der Waals surface area contributed by atoms with Crippen LogP contribution in [0.25, 0.3) is 10.8 Å². The second-order valence-electron chi connectivity index (χ2n) is 10.2. The number of hydrogen-bond acceptors (Lipinski definition) is 7. The van der Waals surface area contributed by atoms with Gasteiger partial charge in [-0.3, -0.25) is 24.3 Å². The third-order valence-corrected chi connectivity index (χ3v) is 7.12. The van der Waals surface area contributed by atoms with Crippen molar-refractivity contribution < 1.29 is 24.3 Å². The van der Waals surface area contributed by atoms with Crippen LogP contribution in [0.1, 0.15) is 25.3 Å².